The first-order valence-electron chi connectivity index (χ1n) is 4.63. The number of rotatable bonds is 2. The summed E-state index contributed by atoms with van der Waals surface area (Å²) in [5.74, 6) is -0.343. The quantitative estimate of drug-likeness (QED) is 0.688. The second kappa shape index (κ2) is 4.40. The highest BCUT2D eigenvalue weighted by Crippen LogP contribution is 2.10. The van der Waals surface area contributed by atoms with Gasteiger partial charge < -0.3 is 4.74 Å². The van der Waals surface area contributed by atoms with Crippen LogP contribution in [0, 0.1) is 11.3 Å². The zero-order valence-electron chi connectivity index (χ0n) is 8.86. The van der Waals surface area contributed by atoms with Gasteiger partial charge in [-0.3, -0.25) is 0 Å². The van der Waals surface area contributed by atoms with Crippen LogP contribution in [0.4, 0.5) is 0 Å². The van der Waals surface area contributed by atoms with E-state index in [1.54, 1.807) is 24.3 Å². The lowest BCUT2D eigenvalue weighted by Crippen LogP contribution is -2.03. The Morgan fingerprint density at radius 1 is 1.41 bits per heavy atom. The normalized spacial score (nSPS) is 9.65. The van der Waals surface area contributed by atoms with Crippen LogP contribution >= 0.6 is 0 Å². The molecule has 1 heterocycles. The number of benzene rings is 1. The SMILES string of the molecule is COC(=O)c1ccc(-n2nnnc2C#N)cc1. The van der Waals surface area contributed by atoms with Crippen molar-refractivity contribution in [3.63, 3.8) is 0 Å². The lowest BCUT2D eigenvalue weighted by atomic mass is 10.2. The van der Waals surface area contributed by atoms with Gasteiger partial charge in [0.15, 0.2) is 0 Å². The van der Waals surface area contributed by atoms with Crippen molar-refractivity contribution in [2.75, 3.05) is 7.11 Å². The Labute approximate surface area is 96.2 Å². The molecule has 0 unspecified atom stereocenters. The Balaban J connectivity index is 2.37. The standard InChI is InChI=1S/C10H7N5O2/c1-17-10(16)7-2-4-8(5-3-7)15-9(6-11)12-13-14-15/h2-5H,1H3. The van der Waals surface area contributed by atoms with Crippen LogP contribution in [-0.4, -0.2) is 33.3 Å². The zero-order valence-corrected chi connectivity index (χ0v) is 8.86. The fraction of sp³-hybridized carbons (Fsp3) is 0.100. The minimum Gasteiger partial charge on any atom is -0.465 e. The van der Waals surface area contributed by atoms with Crippen molar-refractivity contribution in [2.45, 2.75) is 0 Å². The molecule has 0 radical (unpaired) electrons. The minimum absolute atomic E-state index is 0.0795. The van der Waals surface area contributed by atoms with Crippen LogP contribution in [0.1, 0.15) is 16.2 Å². The number of esters is 1. The van der Waals surface area contributed by atoms with Gasteiger partial charge in [-0.25, -0.2) is 4.79 Å². The highest BCUT2D eigenvalue weighted by atomic mass is 16.5. The van der Waals surface area contributed by atoms with E-state index >= 15 is 0 Å². The van der Waals surface area contributed by atoms with Gasteiger partial charge in [0.25, 0.3) is 5.82 Å². The maximum Gasteiger partial charge on any atom is 0.337 e. The van der Waals surface area contributed by atoms with Gasteiger partial charge in [-0.1, -0.05) is 5.10 Å². The van der Waals surface area contributed by atoms with E-state index in [0.717, 1.165) is 0 Å². The summed E-state index contributed by atoms with van der Waals surface area (Å²) in [6, 6.07) is 8.26. The molecule has 0 aliphatic carbocycles. The third-order valence-electron chi connectivity index (χ3n) is 2.10. The molecule has 7 heteroatoms. The van der Waals surface area contributed by atoms with Crippen molar-refractivity contribution < 1.29 is 9.53 Å². The second-order valence-corrected chi connectivity index (χ2v) is 3.06. The van der Waals surface area contributed by atoms with E-state index in [0.29, 0.717) is 11.3 Å². The molecule has 0 N–H and O–H groups in total. The average molecular weight is 229 g/mol. The van der Waals surface area contributed by atoms with Crippen molar-refractivity contribution in [2.24, 2.45) is 0 Å². The number of ether oxygens (including phenoxy) is 1. The number of tetrazole rings is 1. The first kappa shape index (κ1) is 10.8. The number of carbonyl (C=O) groups excluding carboxylic acids is 1. The van der Waals surface area contributed by atoms with Crippen molar-refractivity contribution in [3.05, 3.63) is 35.7 Å². The number of methoxy groups -OCH3 is 1. The van der Waals surface area contributed by atoms with E-state index < -0.39 is 5.97 Å². The summed E-state index contributed by atoms with van der Waals surface area (Å²) >= 11 is 0. The van der Waals surface area contributed by atoms with Crippen LogP contribution in [0.5, 0.6) is 0 Å². The predicted molar refractivity (Wildman–Crippen MR) is 55.2 cm³/mol. The van der Waals surface area contributed by atoms with E-state index in [4.69, 9.17) is 5.26 Å². The molecule has 84 valence electrons. The molecule has 0 saturated carbocycles. The Bertz CT molecular complexity index is 581. The van der Waals surface area contributed by atoms with E-state index in [-0.39, 0.29) is 5.82 Å². The fourth-order valence-corrected chi connectivity index (χ4v) is 1.29. The van der Waals surface area contributed by atoms with Gasteiger partial charge in [0.05, 0.1) is 18.4 Å². The van der Waals surface area contributed by atoms with Crippen LogP contribution in [0.25, 0.3) is 5.69 Å². The molecule has 0 fully saturated rings. The van der Waals surface area contributed by atoms with Gasteiger partial charge in [0.2, 0.25) is 0 Å². The van der Waals surface area contributed by atoms with Crippen molar-refractivity contribution >= 4 is 5.97 Å². The zero-order chi connectivity index (χ0) is 12.3. The molecule has 1 aromatic carbocycles. The highest BCUT2D eigenvalue weighted by Gasteiger charge is 2.09. The molecule has 0 amide bonds. The van der Waals surface area contributed by atoms with Crippen LogP contribution in [0.3, 0.4) is 0 Å². The van der Waals surface area contributed by atoms with Gasteiger partial charge >= 0.3 is 5.97 Å². The minimum atomic E-state index is -0.422. The van der Waals surface area contributed by atoms with Gasteiger partial charge in [0, 0.05) is 0 Å². The van der Waals surface area contributed by atoms with Gasteiger partial charge in [-0.05, 0) is 34.7 Å². The summed E-state index contributed by atoms with van der Waals surface area (Å²) in [7, 11) is 1.31. The van der Waals surface area contributed by atoms with E-state index in [1.165, 1.54) is 11.8 Å². The summed E-state index contributed by atoms with van der Waals surface area (Å²) in [5.41, 5.74) is 1.02. The second-order valence-electron chi connectivity index (χ2n) is 3.06. The summed E-state index contributed by atoms with van der Waals surface area (Å²) in [6.07, 6.45) is 0. The molecular weight excluding hydrogens is 222 g/mol. The molecule has 0 spiro atoms. The first-order valence-corrected chi connectivity index (χ1v) is 4.63. The van der Waals surface area contributed by atoms with Crippen molar-refractivity contribution in [1.29, 1.82) is 5.26 Å². The van der Waals surface area contributed by atoms with E-state index in [1.807, 2.05) is 6.07 Å². The topological polar surface area (TPSA) is 93.7 Å². The number of aromatic nitrogens is 4. The number of hydrogen-bond acceptors (Lipinski definition) is 6. The van der Waals surface area contributed by atoms with Gasteiger partial charge in [0.1, 0.15) is 6.07 Å². The molecule has 7 nitrogen and oxygen atoms in total. The summed E-state index contributed by atoms with van der Waals surface area (Å²) in [5, 5.41) is 19.4. The summed E-state index contributed by atoms with van der Waals surface area (Å²) in [6.45, 7) is 0. The van der Waals surface area contributed by atoms with Gasteiger partial charge in [-0.2, -0.15) is 9.94 Å². The molecule has 0 saturated heterocycles. The molecule has 2 rings (SSSR count). The summed E-state index contributed by atoms with van der Waals surface area (Å²) in [4.78, 5) is 11.2. The number of carbonyl (C=O) groups is 1. The molecule has 0 atom stereocenters. The third kappa shape index (κ3) is 1.96. The Morgan fingerprint density at radius 2 is 2.12 bits per heavy atom. The molecule has 17 heavy (non-hydrogen) atoms. The molecular formula is C10H7N5O2. The average Bonchev–Trinajstić information content (AvgIpc) is 2.86. The monoisotopic (exact) mass is 229 g/mol. The predicted octanol–water partition coefficient (Wildman–Crippen LogP) is 0.321. The lowest BCUT2D eigenvalue weighted by molar-refractivity contribution is 0.0601. The highest BCUT2D eigenvalue weighted by molar-refractivity contribution is 5.89. The van der Waals surface area contributed by atoms with E-state index in [9.17, 15) is 4.79 Å². The summed E-state index contributed by atoms with van der Waals surface area (Å²) < 4.78 is 5.85. The van der Waals surface area contributed by atoms with E-state index in [2.05, 4.69) is 20.3 Å². The molecule has 0 aliphatic heterocycles. The van der Waals surface area contributed by atoms with Crippen LogP contribution in [0.15, 0.2) is 24.3 Å². The Hall–Kier alpha value is -2.75. The van der Waals surface area contributed by atoms with Crippen molar-refractivity contribution in [3.8, 4) is 11.8 Å². The van der Waals surface area contributed by atoms with Gasteiger partial charge in [-0.15, -0.1) is 0 Å². The maximum atomic E-state index is 11.2. The van der Waals surface area contributed by atoms with Crippen LogP contribution < -0.4 is 0 Å². The Morgan fingerprint density at radius 3 is 2.71 bits per heavy atom. The fourth-order valence-electron chi connectivity index (χ4n) is 1.29. The molecule has 2 aromatic rings. The van der Waals surface area contributed by atoms with Crippen molar-refractivity contribution in [1.82, 2.24) is 20.2 Å². The first-order chi connectivity index (χ1) is 8.26. The number of hydrogen-bond donors (Lipinski definition) is 0. The number of nitriles is 1. The lowest BCUT2D eigenvalue weighted by Gasteiger charge is -2.02. The number of nitrogens with zero attached hydrogens (tertiary/aromatic N) is 5. The third-order valence-corrected chi connectivity index (χ3v) is 2.10. The molecule has 0 bridgehead atoms. The van der Waals surface area contributed by atoms with Crippen LogP contribution in [-0.2, 0) is 4.74 Å². The maximum absolute atomic E-state index is 11.2. The Kier molecular flexibility index (Phi) is 2.79. The molecule has 0 aliphatic rings. The largest absolute Gasteiger partial charge is 0.465 e. The van der Waals surface area contributed by atoms with Crippen LogP contribution in [0.2, 0.25) is 0 Å². The molecule has 1 aromatic heterocycles. The smallest absolute Gasteiger partial charge is 0.337 e.